The summed E-state index contributed by atoms with van der Waals surface area (Å²) in [7, 11) is 0. The molecule has 1 aromatic rings. The maximum Gasteiger partial charge on any atom is 0.256 e. The summed E-state index contributed by atoms with van der Waals surface area (Å²) in [6.45, 7) is 10.4. The van der Waals surface area contributed by atoms with Gasteiger partial charge in [-0.05, 0) is 25.7 Å². The molecule has 0 fully saturated rings. The Labute approximate surface area is 125 Å². The molecule has 5 nitrogen and oxygen atoms in total. The van der Waals surface area contributed by atoms with Gasteiger partial charge in [0.1, 0.15) is 5.15 Å². The highest BCUT2D eigenvalue weighted by atomic mass is 35.5. The molecule has 0 aliphatic heterocycles. The van der Waals surface area contributed by atoms with Gasteiger partial charge >= 0.3 is 0 Å². The van der Waals surface area contributed by atoms with Crippen LogP contribution in [0.2, 0.25) is 5.15 Å². The Balaban J connectivity index is 2.88. The Morgan fingerprint density at radius 3 is 2.50 bits per heavy atom. The van der Waals surface area contributed by atoms with Crippen LogP contribution in [0.3, 0.4) is 0 Å². The van der Waals surface area contributed by atoms with E-state index < -0.39 is 0 Å². The van der Waals surface area contributed by atoms with E-state index in [4.69, 9.17) is 11.6 Å². The van der Waals surface area contributed by atoms with Gasteiger partial charge in [0.2, 0.25) is 0 Å². The second-order valence-corrected chi connectivity index (χ2v) is 6.54. The summed E-state index contributed by atoms with van der Waals surface area (Å²) in [6, 6.07) is -0.289. The molecule has 0 bridgehead atoms. The van der Waals surface area contributed by atoms with E-state index in [0.717, 1.165) is 0 Å². The van der Waals surface area contributed by atoms with E-state index in [1.807, 2.05) is 6.92 Å². The molecule has 0 aliphatic carbocycles. The largest absolute Gasteiger partial charge is 0.394 e. The summed E-state index contributed by atoms with van der Waals surface area (Å²) in [5.74, 6) is -0.282. The predicted octanol–water partition coefficient (Wildman–Crippen LogP) is 2.39. The van der Waals surface area contributed by atoms with Gasteiger partial charge in [-0.1, -0.05) is 32.4 Å². The zero-order valence-electron chi connectivity index (χ0n) is 12.8. The highest BCUT2D eigenvalue weighted by Crippen LogP contribution is 2.23. The summed E-state index contributed by atoms with van der Waals surface area (Å²) in [5.41, 5.74) is 1.01. The highest BCUT2D eigenvalue weighted by molar-refractivity contribution is 6.33. The van der Waals surface area contributed by atoms with Crippen molar-refractivity contribution in [2.45, 2.75) is 53.6 Å². The first-order valence-electron chi connectivity index (χ1n) is 6.84. The van der Waals surface area contributed by atoms with E-state index in [9.17, 15) is 9.90 Å². The van der Waals surface area contributed by atoms with Gasteiger partial charge in [0.25, 0.3) is 5.91 Å². The van der Waals surface area contributed by atoms with E-state index in [-0.39, 0.29) is 24.0 Å². The summed E-state index contributed by atoms with van der Waals surface area (Å²) < 4.78 is 1.59. The fraction of sp³-hybridized carbons (Fsp3) is 0.714. The van der Waals surface area contributed by atoms with Crippen LogP contribution in [0.15, 0.2) is 0 Å². The molecule has 0 spiro atoms. The number of hydrogen-bond donors (Lipinski definition) is 2. The zero-order valence-corrected chi connectivity index (χ0v) is 13.6. The van der Waals surface area contributed by atoms with Gasteiger partial charge in [-0.15, -0.1) is 0 Å². The normalized spacial score (nSPS) is 13.3. The molecule has 1 atom stereocenters. The van der Waals surface area contributed by atoms with Crippen LogP contribution in [0.5, 0.6) is 0 Å². The van der Waals surface area contributed by atoms with E-state index in [2.05, 4.69) is 31.2 Å². The maximum absolute atomic E-state index is 12.3. The van der Waals surface area contributed by atoms with Crippen LogP contribution in [0, 0.1) is 12.3 Å². The average molecular weight is 302 g/mol. The summed E-state index contributed by atoms with van der Waals surface area (Å²) in [4.78, 5) is 12.3. The first kappa shape index (κ1) is 17.0. The molecule has 114 valence electrons. The van der Waals surface area contributed by atoms with Crippen LogP contribution in [0.4, 0.5) is 0 Å². The van der Waals surface area contributed by atoms with Gasteiger partial charge in [0.15, 0.2) is 0 Å². The molecule has 1 amide bonds. The molecule has 1 rings (SSSR count). The van der Waals surface area contributed by atoms with Gasteiger partial charge in [0, 0.05) is 6.54 Å². The molecule has 0 saturated carbocycles. The first-order chi connectivity index (χ1) is 9.19. The highest BCUT2D eigenvalue weighted by Gasteiger charge is 2.24. The molecule has 2 N–H and O–H groups in total. The minimum Gasteiger partial charge on any atom is -0.394 e. The van der Waals surface area contributed by atoms with E-state index in [1.165, 1.54) is 0 Å². The number of nitrogens with zero attached hydrogens (tertiary/aromatic N) is 2. The number of amides is 1. The maximum atomic E-state index is 12.3. The molecule has 0 saturated heterocycles. The number of carbonyl (C=O) groups is 1. The number of halogens is 1. The van der Waals surface area contributed by atoms with Crippen molar-refractivity contribution in [2.75, 3.05) is 6.61 Å². The predicted molar refractivity (Wildman–Crippen MR) is 80.1 cm³/mol. The fourth-order valence-electron chi connectivity index (χ4n) is 2.18. The van der Waals surface area contributed by atoms with Gasteiger partial charge in [-0.25, -0.2) is 0 Å². The number of carbonyl (C=O) groups excluding carboxylic acids is 1. The molecule has 1 unspecified atom stereocenters. The smallest absolute Gasteiger partial charge is 0.256 e. The minimum absolute atomic E-state index is 0.0209. The van der Waals surface area contributed by atoms with Crippen molar-refractivity contribution in [1.29, 1.82) is 0 Å². The number of aryl methyl sites for hydroxylation is 2. The van der Waals surface area contributed by atoms with Crippen molar-refractivity contribution in [3.05, 3.63) is 16.4 Å². The first-order valence-corrected chi connectivity index (χ1v) is 7.22. The van der Waals surface area contributed by atoms with Crippen LogP contribution >= 0.6 is 11.6 Å². The van der Waals surface area contributed by atoms with E-state index in [0.29, 0.717) is 29.4 Å². The standard InChI is InChI=1S/C14H24ClN3O2/c1-6-18-12(15)11(9(2)17-18)13(20)16-10(8-19)7-14(3,4)5/h10,19H,6-8H2,1-5H3,(H,16,20). The Kier molecular flexibility index (Phi) is 5.59. The number of hydrogen-bond acceptors (Lipinski definition) is 3. The monoisotopic (exact) mass is 301 g/mol. The van der Waals surface area contributed by atoms with E-state index >= 15 is 0 Å². The van der Waals surface area contributed by atoms with Gasteiger partial charge in [0.05, 0.1) is 23.9 Å². The third-order valence-electron chi connectivity index (χ3n) is 3.01. The van der Waals surface area contributed by atoms with E-state index in [1.54, 1.807) is 11.6 Å². The molecule has 20 heavy (non-hydrogen) atoms. The minimum atomic E-state index is -0.289. The van der Waals surface area contributed by atoms with Crippen LogP contribution < -0.4 is 5.32 Å². The summed E-state index contributed by atoms with van der Waals surface area (Å²) >= 11 is 6.16. The molecule has 1 heterocycles. The van der Waals surface area contributed by atoms with Crippen molar-refractivity contribution in [3.63, 3.8) is 0 Å². The lowest BCUT2D eigenvalue weighted by Crippen LogP contribution is -2.40. The molecular weight excluding hydrogens is 278 g/mol. The summed E-state index contributed by atoms with van der Waals surface area (Å²) in [6.07, 6.45) is 0.688. The summed E-state index contributed by atoms with van der Waals surface area (Å²) in [5, 5.41) is 16.8. The quantitative estimate of drug-likeness (QED) is 0.877. The van der Waals surface area contributed by atoms with Crippen molar-refractivity contribution in [1.82, 2.24) is 15.1 Å². The van der Waals surface area contributed by atoms with Gasteiger partial charge < -0.3 is 10.4 Å². The molecule has 0 radical (unpaired) electrons. The average Bonchev–Trinajstić information content (AvgIpc) is 2.61. The Bertz CT molecular complexity index is 477. The van der Waals surface area contributed by atoms with Crippen molar-refractivity contribution in [2.24, 2.45) is 5.41 Å². The lowest BCUT2D eigenvalue weighted by molar-refractivity contribution is 0.0897. The molecule has 1 aromatic heterocycles. The number of aliphatic hydroxyl groups is 1. The number of nitrogens with one attached hydrogen (secondary N) is 1. The second-order valence-electron chi connectivity index (χ2n) is 6.18. The number of aromatic nitrogens is 2. The lowest BCUT2D eigenvalue weighted by Gasteiger charge is -2.25. The van der Waals surface area contributed by atoms with Crippen LogP contribution in [-0.4, -0.2) is 33.4 Å². The number of rotatable bonds is 5. The molecule has 0 aromatic carbocycles. The molecular formula is C14H24ClN3O2. The van der Waals surface area contributed by atoms with Crippen molar-refractivity contribution < 1.29 is 9.90 Å². The van der Waals surface area contributed by atoms with Crippen LogP contribution in [0.25, 0.3) is 0 Å². The van der Waals surface area contributed by atoms with Crippen molar-refractivity contribution >= 4 is 17.5 Å². The van der Waals surface area contributed by atoms with Crippen molar-refractivity contribution in [3.8, 4) is 0 Å². The number of aliphatic hydroxyl groups excluding tert-OH is 1. The SMILES string of the molecule is CCn1nc(C)c(C(=O)NC(CO)CC(C)(C)C)c1Cl. The van der Waals surface area contributed by atoms with Gasteiger partial charge in [-0.2, -0.15) is 5.10 Å². The Hall–Kier alpha value is -1.07. The third-order valence-corrected chi connectivity index (χ3v) is 3.39. The lowest BCUT2D eigenvalue weighted by atomic mass is 9.88. The third kappa shape index (κ3) is 4.21. The zero-order chi connectivity index (χ0) is 15.5. The molecule has 6 heteroatoms. The topological polar surface area (TPSA) is 67.2 Å². The Morgan fingerprint density at radius 1 is 1.50 bits per heavy atom. The second kappa shape index (κ2) is 6.59. The van der Waals surface area contributed by atoms with Crippen LogP contribution in [0.1, 0.15) is 50.2 Å². The Morgan fingerprint density at radius 2 is 2.10 bits per heavy atom. The van der Waals surface area contributed by atoms with Gasteiger partial charge in [-0.3, -0.25) is 9.48 Å². The van der Waals surface area contributed by atoms with Crippen LogP contribution in [-0.2, 0) is 6.54 Å². The molecule has 0 aliphatic rings. The fourth-order valence-corrected chi connectivity index (χ4v) is 2.56.